The van der Waals surface area contributed by atoms with Crippen molar-refractivity contribution in [3.63, 3.8) is 0 Å². The van der Waals surface area contributed by atoms with Crippen LogP contribution in [0.2, 0.25) is 0 Å². The lowest BCUT2D eigenvalue weighted by molar-refractivity contribution is -0.383. The minimum absolute atomic E-state index is 0.111. The fraction of sp³-hybridized carbons (Fsp3) is 0.0909. The van der Waals surface area contributed by atoms with Gasteiger partial charge in [-0.25, -0.2) is 24.6 Å². The molecular formula is C11H10F2N6O2. The van der Waals surface area contributed by atoms with Crippen molar-refractivity contribution in [1.29, 1.82) is 0 Å². The number of nitrogen functional groups attached to an aromatic ring is 1. The minimum atomic E-state index is -0.792. The SMILES string of the molecule is Cc1cc(F)c(Nc2ncnc(NN)c2[N+](=O)[O-])cc1F. The Hall–Kier alpha value is -2.88. The first kappa shape index (κ1) is 14.5. The molecule has 0 saturated heterocycles. The highest BCUT2D eigenvalue weighted by molar-refractivity contribution is 5.73. The van der Waals surface area contributed by atoms with Crippen molar-refractivity contribution in [2.45, 2.75) is 6.92 Å². The summed E-state index contributed by atoms with van der Waals surface area (Å²) in [5.74, 6) is 3.11. The van der Waals surface area contributed by atoms with E-state index in [0.717, 1.165) is 18.5 Å². The van der Waals surface area contributed by atoms with Gasteiger partial charge in [0.05, 0.1) is 10.6 Å². The number of nitro groups is 1. The van der Waals surface area contributed by atoms with Crippen molar-refractivity contribution in [2.24, 2.45) is 5.84 Å². The minimum Gasteiger partial charge on any atom is -0.332 e. The Bertz CT molecular complexity index is 709. The van der Waals surface area contributed by atoms with Gasteiger partial charge < -0.3 is 10.7 Å². The normalized spacial score (nSPS) is 10.3. The van der Waals surface area contributed by atoms with Crippen LogP contribution in [0, 0.1) is 28.7 Å². The highest BCUT2D eigenvalue weighted by Crippen LogP contribution is 2.31. The Kier molecular flexibility index (Phi) is 3.89. The third kappa shape index (κ3) is 2.84. The predicted octanol–water partition coefficient (Wildman–Crippen LogP) is 2.00. The number of anilines is 3. The van der Waals surface area contributed by atoms with Crippen LogP contribution >= 0.6 is 0 Å². The van der Waals surface area contributed by atoms with Crippen molar-refractivity contribution in [1.82, 2.24) is 9.97 Å². The van der Waals surface area contributed by atoms with Gasteiger partial charge in [0.2, 0.25) is 11.6 Å². The molecule has 0 bridgehead atoms. The lowest BCUT2D eigenvalue weighted by atomic mass is 10.2. The quantitative estimate of drug-likeness (QED) is 0.448. The van der Waals surface area contributed by atoms with Crippen LogP contribution in [0.1, 0.15) is 5.56 Å². The molecule has 8 nitrogen and oxygen atoms in total. The van der Waals surface area contributed by atoms with Gasteiger partial charge in [0.25, 0.3) is 0 Å². The fourth-order valence-corrected chi connectivity index (χ4v) is 1.62. The number of aryl methyl sites for hydroxylation is 1. The second kappa shape index (κ2) is 5.63. The zero-order valence-corrected chi connectivity index (χ0v) is 10.7. The van der Waals surface area contributed by atoms with E-state index in [1.165, 1.54) is 6.92 Å². The number of benzene rings is 1. The van der Waals surface area contributed by atoms with Gasteiger partial charge in [0.15, 0.2) is 0 Å². The predicted molar refractivity (Wildman–Crippen MR) is 70.9 cm³/mol. The summed E-state index contributed by atoms with van der Waals surface area (Å²) in [5.41, 5.74) is 1.28. The van der Waals surface area contributed by atoms with Crippen LogP contribution in [0.4, 0.5) is 31.8 Å². The number of aromatic nitrogens is 2. The van der Waals surface area contributed by atoms with E-state index in [4.69, 9.17) is 5.84 Å². The molecule has 0 amide bonds. The summed E-state index contributed by atoms with van der Waals surface area (Å²) in [7, 11) is 0. The van der Waals surface area contributed by atoms with Crippen LogP contribution in [-0.4, -0.2) is 14.9 Å². The maximum absolute atomic E-state index is 13.7. The van der Waals surface area contributed by atoms with Crippen LogP contribution in [0.25, 0.3) is 0 Å². The second-order valence-electron chi connectivity index (χ2n) is 4.03. The third-order valence-electron chi connectivity index (χ3n) is 2.64. The summed E-state index contributed by atoms with van der Waals surface area (Å²) in [5, 5.41) is 13.4. The number of halogens is 2. The van der Waals surface area contributed by atoms with E-state index < -0.39 is 22.2 Å². The van der Waals surface area contributed by atoms with Crippen LogP contribution in [0.5, 0.6) is 0 Å². The first-order valence-corrected chi connectivity index (χ1v) is 5.62. The molecule has 0 radical (unpaired) electrons. The first-order valence-electron chi connectivity index (χ1n) is 5.62. The maximum Gasteiger partial charge on any atom is 0.354 e. The molecule has 21 heavy (non-hydrogen) atoms. The molecule has 1 aromatic heterocycles. The highest BCUT2D eigenvalue weighted by atomic mass is 19.1. The number of nitrogens with one attached hydrogen (secondary N) is 2. The Labute approximate surface area is 117 Å². The van der Waals surface area contributed by atoms with Gasteiger partial charge in [-0.05, 0) is 18.6 Å². The first-order chi connectivity index (χ1) is 9.93. The van der Waals surface area contributed by atoms with E-state index in [0.29, 0.717) is 0 Å². The molecular weight excluding hydrogens is 286 g/mol. The molecule has 4 N–H and O–H groups in total. The average Bonchev–Trinajstić information content (AvgIpc) is 2.44. The Balaban J connectivity index is 2.49. The number of hydrogen-bond donors (Lipinski definition) is 3. The molecule has 0 aliphatic heterocycles. The summed E-state index contributed by atoms with van der Waals surface area (Å²) in [4.78, 5) is 17.5. The van der Waals surface area contributed by atoms with E-state index in [9.17, 15) is 18.9 Å². The van der Waals surface area contributed by atoms with Crippen LogP contribution < -0.4 is 16.6 Å². The van der Waals surface area contributed by atoms with Crippen molar-refractivity contribution in [3.05, 3.63) is 45.8 Å². The van der Waals surface area contributed by atoms with Gasteiger partial charge >= 0.3 is 5.69 Å². The molecule has 2 rings (SSSR count). The topological polar surface area (TPSA) is 119 Å². The van der Waals surface area contributed by atoms with Crippen LogP contribution in [0.15, 0.2) is 18.5 Å². The van der Waals surface area contributed by atoms with E-state index in [2.05, 4.69) is 15.3 Å². The second-order valence-corrected chi connectivity index (χ2v) is 4.03. The standard InChI is InChI=1S/C11H10F2N6O2/c1-5-2-7(13)8(3-6(5)12)17-10-9(19(20)21)11(18-14)16-4-15-10/h2-4H,14H2,1H3,(H2,15,16,17,18). The third-order valence-corrected chi connectivity index (χ3v) is 2.64. The number of nitrogens with two attached hydrogens (primary N) is 1. The number of hydrogen-bond acceptors (Lipinski definition) is 7. The number of rotatable bonds is 4. The monoisotopic (exact) mass is 296 g/mol. The van der Waals surface area contributed by atoms with Gasteiger partial charge in [-0.2, -0.15) is 0 Å². The summed E-state index contributed by atoms with van der Waals surface area (Å²) < 4.78 is 27.2. The molecule has 0 aliphatic rings. The van der Waals surface area contributed by atoms with Gasteiger partial charge in [-0.3, -0.25) is 10.1 Å². The van der Waals surface area contributed by atoms with Crippen LogP contribution in [0.3, 0.4) is 0 Å². The molecule has 110 valence electrons. The molecule has 0 fully saturated rings. The zero-order valence-electron chi connectivity index (χ0n) is 10.7. The summed E-state index contributed by atoms with van der Waals surface area (Å²) in [6.07, 6.45) is 0.993. The van der Waals surface area contributed by atoms with Crippen molar-refractivity contribution >= 4 is 23.0 Å². The number of nitrogens with zero attached hydrogens (tertiary/aromatic N) is 3. The molecule has 1 aromatic carbocycles. The molecule has 0 spiro atoms. The Morgan fingerprint density at radius 3 is 2.52 bits per heavy atom. The molecule has 2 aromatic rings. The molecule has 1 heterocycles. The molecule has 0 aliphatic carbocycles. The van der Waals surface area contributed by atoms with Gasteiger partial charge in [-0.15, -0.1) is 0 Å². The largest absolute Gasteiger partial charge is 0.354 e. The van der Waals surface area contributed by atoms with Gasteiger partial charge in [-0.1, -0.05) is 0 Å². The van der Waals surface area contributed by atoms with E-state index in [-0.39, 0.29) is 22.9 Å². The summed E-state index contributed by atoms with van der Waals surface area (Å²) in [6.45, 7) is 1.39. The fourth-order valence-electron chi connectivity index (χ4n) is 1.62. The molecule has 0 unspecified atom stereocenters. The Morgan fingerprint density at radius 2 is 1.90 bits per heavy atom. The lowest BCUT2D eigenvalue weighted by Crippen LogP contribution is -2.13. The van der Waals surface area contributed by atoms with Gasteiger partial charge in [0.1, 0.15) is 18.0 Å². The smallest absolute Gasteiger partial charge is 0.332 e. The van der Waals surface area contributed by atoms with E-state index >= 15 is 0 Å². The van der Waals surface area contributed by atoms with Crippen molar-refractivity contribution in [2.75, 3.05) is 10.7 Å². The van der Waals surface area contributed by atoms with E-state index in [1.54, 1.807) is 0 Å². The molecule has 10 heteroatoms. The number of hydrazine groups is 1. The lowest BCUT2D eigenvalue weighted by Gasteiger charge is -2.09. The van der Waals surface area contributed by atoms with Crippen LogP contribution in [-0.2, 0) is 0 Å². The Morgan fingerprint density at radius 1 is 1.24 bits per heavy atom. The van der Waals surface area contributed by atoms with Crippen molar-refractivity contribution in [3.8, 4) is 0 Å². The van der Waals surface area contributed by atoms with E-state index in [1.807, 2.05) is 5.43 Å². The summed E-state index contributed by atoms with van der Waals surface area (Å²) >= 11 is 0. The molecule has 0 atom stereocenters. The molecule has 0 saturated carbocycles. The maximum atomic E-state index is 13.7. The summed E-state index contributed by atoms with van der Waals surface area (Å²) in [6, 6.07) is 1.85. The average molecular weight is 296 g/mol. The van der Waals surface area contributed by atoms with Gasteiger partial charge in [0, 0.05) is 6.07 Å². The highest BCUT2D eigenvalue weighted by Gasteiger charge is 2.23. The van der Waals surface area contributed by atoms with Crippen molar-refractivity contribution < 1.29 is 13.7 Å². The zero-order chi connectivity index (χ0) is 15.6.